The van der Waals surface area contributed by atoms with Crippen molar-refractivity contribution < 1.29 is 33.3 Å². The van der Waals surface area contributed by atoms with Crippen LogP contribution in [0.1, 0.15) is 35.2 Å². The zero-order chi connectivity index (χ0) is 20.2. The summed E-state index contributed by atoms with van der Waals surface area (Å²) in [5.74, 6) is -2.85. The van der Waals surface area contributed by atoms with Crippen LogP contribution < -0.4 is 5.32 Å². The number of alkyl halides is 3. The first kappa shape index (κ1) is 20.6. The van der Waals surface area contributed by atoms with Crippen molar-refractivity contribution in [2.75, 3.05) is 6.54 Å². The maximum absolute atomic E-state index is 10.6. The second kappa shape index (κ2) is 8.30. The highest BCUT2D eigenvalue weighted by atomic mass is 19.4. The van der Waals surface area contributed by atoms with Gasteiger partial charge in [0.25, 0.3) is 0 Å². The van der Waals surface area contributed by atoms with Crippen molar-refractivity contribution in [1.82, 2.24) is 5.32 Å². The molecule has 5 nitrogen and oxygen atoms in total. The van der Waals surface area contributed by atoms with Crippen LogP contribution in [0.5, 0.6) is 11.5 Å². The lowest BCUT2D eigenvalue weighted by Gasteiger charge is -2.28. The Hall–Kier alpha value is -2.74. The molecular weight excluding hydrogens is 363 g/mol. The van der Waals surface area contributed by atoms with Crippen LogP contribution in [0, 0.1) is 0 Å². The number of carboxylic acids is 1. The van der Waals surface area contributed by atoms with Crippen LogP contribution in [-0.4, -0.2) is 34.0 Å². The molecule has 2 aromatic rings. The van der Waals surface area contributed by atoms with Gasteiger partial charge in [0.05, 0.1) is 6.04 Å². The number of carbonyl (C=O) groups is 1. The molecule has 0 saturated heterocycles. The number of phenols is 2. The molecule has 0 aromatic heterocycles. The van der Waals surface area contributed by atoms with Gasteiger partial charge >= 0.3 is 12.1 Å². The Labute approximate surface area is 154 Å². The van der Waals surface area contributed by atoms with Gasteiger partial charge in [-0.05, 0) is 47.2 Å². The van der Waals surface area contributed by atoms with E-state index in [1.807, 2.05) is 0 Å². The van der Waals surface area contributed by atoms with Crippen LogP contribution in [0.2, 0.25) is 0 Å². The molecule has 1 atom stereocenters. The van der Waals surface area contributed by atoms with E-state index in [-0.39, 0.29) is 17.5 Å². The molecule has 8 heteroatoms. The fourth-order valence-corrected chi connectivity index (χ4v) is 2.83. The summed E-state index contributed by atoms with van der Waals surface area (Å²) in [6.45, 7) is 3.02. The van der Waals surface area contributed by atoms with E-state index in [0.29, 0.717) is 0 Å². The summed E-state index contributed by atoms with van der Waals surface area (Å²) >= 11 is 0. The van der Waals surface area contributed by atoms with Crippen molar-refractivity contribution in [1.29, 1.82) is 0 Å². The van der Waals surface area contributed by atoms with Gasteiger partial charge in [0.15, 0.2) is 11.5 Å². The van der Waals surface area contributed by atoms with E-state index in [2.05, 4.69) is 36.5 Å². The molecule has 1 unspecified atom stereocenters. The quantitative estimate of drug-likeness (QED) is 0.596. The predicted octanol–water partition coefficient (Wildman–Crippen LogP) is 3.53. The molecule has 0 radical (unpaired) electrons. The summed E-state index contributed by atoms with van der Waals surface area (Å²) in [5.41, 5.74) is 4.66. The van der Waals surface area contributed by atoms with Crippen LogP contribution in [0.25, 0.3) is 0 Å². The minimum Gasteiger partial charge on any atom is -0.504 e. The largest absolute Gasteiger partial charge is 0.504 e. The fourth-order valence-electron chi connectivity index (χ4n) is 2.83. The van der Waals surface area contributed by atoms with E-state index in [1.165, 1.54) is 11.1 Å². The highest BCUT2D eigenvalue weighted by molar-refractivity contribution is 5.73. The number of aromatic hydroxyl groups is 2. The lowest BCUT2D eigenvalue weighted by Crippen LogP contribution is -2.30. The third kappa shape index (κ3) is 5.13. The van der Waals surface area contributed by atoms with Gasteiger partial charge in [0.2, 0.25) is 0 Å². The molecule has 0 fully saturated rings. The van der Waals surface area contributed by atoms with Gasteiger partial charge in [-0.2, -0.15) is 13.2 Å². The maximum Gasteiger partial charge on any atom is 0.490 e. The third-order valence-corrected chi connectivity index (χ3v) is 4.25. The standard InChI is InChI=1S/C17H19NO2.C2HF3O2/c1-2-11-3-5-12(6-4-11)17-14-10-16(20)15(19)9-13(14)7-8-18-17;3-2(4,5)1(6)7/h3-6,9-10,17-20H,2,7-8H2,1H3;(H,6,7). The zero-order valence-corrected chi connectivity index (χ0v) is 14.5. The Bertz CT molecular complexity index is 804. The van der Waals surface area contributed by atoms with Crippen molar-refractivity contribution in [3.05, 3.63) is 58.7 Å². The number of hydrogen-bond acceptors (Lipinski definition) is 4. The number of halogens is 3. The second-order valence-electron chi connectivity index (χ2n) is 6.07. The highest BCUT2D eigenvalue weighted by Crippen LogP contribution is 2.36. The molecular formula is C19H20F3NO4. The first-order valence-electron chi connectivity index (χ1n) is 8.30. The SMILES string of the molecule is CCc1ccc(C2NCCc3cc(O)c(O)cc32)cc1.O=C(O)C(F)(F)F. The van der Waals surface area contributed by atoms with Crippen molar-refractivity contribution in [2.45, 2.75) is 32.0 Å². The molecule has 4 N–H and O–H groups in total. The Kier molecular flexibility index (Phi) is 6.32. The first-order chi connectivity index (χ1) is 12.6. The van der Waals surface area contributed by atoms with Crippen LogP contribution in [0.4, 0.5) is 13.2 Å². The molecule has 2 aromatic carbocycles. The number of fused-ring (bicyclic) bond motifs is 1. The second-order valence-corrected chi connectivity index (χ2v) is 6.07. The lowest BCUT2D eigenvalue weighted by molar-refractivity contribution is -0.192. The summed E-state index contributed by atoms with van der Waals surface area (Å²) in [6.07, 6.45) is -3.18. The summed E-state index contributed by atoms with van der Waals surface area (Å²) in [5, 5.41) is 30.0. The molecule has 27 heavy (non-hydrogen) atoms. The zero-order valence-electron chi connectivity index (χ0n) is 14.5. The minimum absolute atomic E-state index is 0.0364. The monoisotopic (exact) mass is 383 g/mol. The number of aliphatic carboxylic acids is 1. The van der Waals surface area contributed by atoms with E-state index in [0.717, 1.165) is 30.5 Å². The number of benzene rings is 2. The van der Waals surface area contributed by atoms with Crippen LogP contribution in [0.15, 0.2) is 36.4 Å². The minimum atomic E-state index is -5.08. The van der Waals surface area contributed by atoms with Gasteiger partial charge in [0, 0.05) is 6.54 Å². The van der Waals surface area contributed by atoms with E-state index < -0.39 is 12.1 Å². The molecule has 1 aliphatic rings. The van der Waals surface area contributed by atoms with Gasteiger partial charge in [0.1, 0.15) is 0 Å². The Balaban J connectivity index is 0.000000321. The van der Waals surface area contributed by atoms with E-state index in [9.17, 15) is 23.4 Å². The molecule has 0 spiro atoms. The van der Waals surface area contributed by atoms with Crippen molar-refractivity contribution in [3.63, 3.8) is 0 Å². The number of rotatable bonds is 2. The summed E-state index contributed by atoms with van der Waals surface area (Å²) in [7, 11) is 0. The van der Waals surface area contributed by atoms with Gasteiger partial charge in [-0.15, -0.1) is 0 Å². The molecule has 0 saturated carbocycles. The van der Waals surface area contributed by atoms with E-state index in [1.54, 1.807) is 12.1 Å². The van der Waals surface area contributed by atoms with Gasteiger partial charge in [-0.25, -0.2) is 4.79 Å². The fraction of sp³-hybridized carbons (Fsp3) is 0.316. The van der Waals surface area contributed by atoms with Crippen molar-refractivity contribution in [3.8, 4) is 11.5 Å². The number of nitrogens with one attached hydrogen (secondary N) is 1. The lowest BCUT2D eigenvalue weighted by atomic mass is 9.89. The highest BCUT2D eigenvalue weighted by Gasteiger charge is 2.38. The Morgan fingerprint density at radius 3 is 2.22 bits per heavy atom. The molecule has 146 valence electrons. The topological polar surface area (TPSA) is 89.8 Å². The molecule has 0 amide bonds. The maximum atomic E-state index is 10.6. The summed E-state index contributed by atoms with van der Waals surface area (Å²) in [6, 6.07) is 12.0. The van der Waals surface area contributed by atoms with Crippen molar-refractivity contribution >= 4 is 5.97 Å². The summed E-state index contributed by atoms with van der Waals surface area (Å²) < 4.78 is 31.7. The van der Waals surface area contributed by atoms with E-state index in [4.69, 9.17) is 9.90 Å². The molecule has 3 rings (SSSR count). The van der Waals surface area contributed by atoms with Crippen LogP contribution in [-0.2, 0) is 17.6 Å². The average molecular weight is 383 g/mol. The van der Waals surface area contributed by atoms with Gasteiger partial charge in [-0.3, -0.25) is 0 Å². The molecule has 1 heterocycles. The number of phenolic OH excluding ortho intramolecular Hbond substituents is 2. The first-order valence-corrected chi connectivity index (χ1v) is 8.30. The smallest absolute Gasteiger partial charge is 0.490 e. The molecule has 0 bridgehead atoms. The normalized spacial score (nSPS) is 16.1. The van der Waals surface area contributed by atoms with Crippen molar-refractivity contribution in [2.24, 2.45) is 0 Å². The third-order valence-electron chi connectivity index (χ3n) is 4.25. The number of hydrogen-bond donors (Lipinski definition) is 4. The molecule has 1 aliphatic heterocycles. The average Bonchev–Trinajstić information content (AvgIpc) is 2.62. The summed E-state index contributed by atoms with van der Waals surface area (Å²) in [4.78, 5) is 8.90. The molecule has 0 aliphatic carbocycles. The number of aryl methyl sites for hydroxylation is 1. The van der Waals surface area contributed by atoms with Crippen LogP contribution >= 0.6 is 0 Å². The number of carboxylic acid groups (broad SMARTS) is 1. The Morgan fingerprint density at radius 1 is 1.15 bits per heavy atom. The van der Waals surface area contributed by atoms with Gasteiger partial charge < -0.3 is 20.6 Å². The van der Waals surface area contributed by atoms with Gasteiger partial charge in [-0.1, -0.05) is 31.2 Å². The Morgan fingerprint density at radius 2 is 1.70 bits per heavy atom. The predicted molar refractivity (Wildman–Crippen MR) is 92.8 cm³/mol. The van der Waals surface area contributed by atoms with Crippen LogP contribution in [0.3, 0.4) is 0 Å². The van der Waals surface area contributed by atoms with E-state index >= 15 is 0 Å².